The molecule has 0 aliphatic carbocycles. The Morgan fingerprint density at radius 1 is 1.56 bits per heavy atom. The molecule has 2 aliphatic rings. The summed E-state index contributed by atoms with van der Waals surface area (Å²) in [5.41, 5.74) is -0.651. The third-order valence-electron chi connectivity index (χ3n) is 3.92. The van der Waals surface area contributed by atoms with Crippen LogP contribution in [0.1, 0.15) is 26.2 Å². The molecule has 2 saturated heterocycles. The molecule has 2 heterocycles. The van der Waals surface area contributed by atoms with Crippen molar-refractivity contribution in [2.45, 2.75) is 37.9 Å². The van der Waals surface area contributed by atoms with Crippen LogP contribution >= 0.6 is 0 Å². The maximum absolute atomic E-state index is 10.3. The van der Waals surface area contributed by atoms with Crippen LogP contribution in [0.5, 0.6) is 0 Å². The number of nitrogens with one attached hydrogen (secondary N) is 2. The zero-order valence-corrected chi connectivity index (χ0v) is 10.2. The van der Waals surface area contributed by atoms with Gasteiger partial charge in [-0.25, -0.2) is 0 Å². The van der Waals surface area contributed by atoms with Gasteiger partial charge in [-0.1, -0.05) is 0 Å². The molecule has 2 fully saturated rings. The molecule has 3 unspecified atom stereocenters. The summed E-state index contributed by atoms with van der Waals surface area (Å²) in [5.74, 6) is 0.718. The summed E-state index contributed by atoms with van der Waals surface area (Å²) in [4.78, 5) is 0. The predicted molar refractivity (Wildman–Crippen MR) is 63.4 cm³/mol. The van der Waals surface area contributed by atoms with Crippen LogP contribution in [0.25, 0.3) is 0 Å². The van der Waals surface area contributed by atoms with Gasteiger partial charge in [-0.15, -0.1) is 0 Å². The van der Waals surface area contributed by atoms with Crippen molar-refractivity contribution in [2.24, 2.45) is 5.92 Å². The molecule has 0 bridgehead atoms. The van der Waals surface area contributed by atoms with E-state index in [2.05, 4.69) is 10.6 Å². The first kappa shape index (κ1) is 12.3. The highest BCUT2D eigenvalue weighted by Crippen LogP contribution is 2.24. The van der Waals surface area contributed by atoms with Crippen molar-refractivity contribution in [3.05, 3.63) is 0 Å². The van der Waals surface area contributed by atoms with E-state index in [9.17, 15) is 5.11 Å². The number of hydrogen-bond donors (Lipinski definition) is 3. The average molecular weight is 228 g/mol. The molecule has 0 aromatic heterocycles. The average Bonchev–Trinajstić information content (AvgIpc) is 2.61. The van der Waals surface area contributed by atoms with Gasteiger partial charge in [-0.2, -0.15) is 0 Å². The summed E-state index contributed by atoms with van der Waals surface area (Å²) < 4.78 is 5.41. The van der Waals surface area contributed by atoms with Gasteiger partial charge in [0.15, 0.2) is 0 Å². The summed E-state index contributed by atoms with van der Waals surface area (Å²) in [7, 11) is 0. The quantitative estimate of drug-likeness (QED) is 0.639. The maximum Gasteiger partial charge on any atom is 0.105 e. The Morgan fingerprint density at radius 2 is 2.44 bits per heavy atom. The zero-order chi connectivity index (χ0) is 11.4. The normalized spacial score (nSPS) is 40.1. The molecule has 3 N–H and O–H groups in total. The Balaban J connectivity index is 1.66. The largest absolute Gasteiger partial charge is 0.386 e. The van der Waals surface area contributed by atoms with E-state index >= 15 is 0 Å². The van der Waals surface area contributed by atoms with Crippen molar-refractivity contribution >= 4 is 0 Å². The third kappa shape index (κ3) is 2.94. The van der Waals surface area contributed by atoms with Crippen LogP contribution in [-0.2, 0) is 4.74 Å². The molecule has 0 aromatic rings. The number of piperidine rings is 1. The lowest BCUT2D eigenvalue weighted by Crippen LogP contribution is -2.47. The standard InChI is InChI=1S/C12H24N2O2/c1-10-12(15,4-6-16-10)9-14-8-11-3-2-5-13-7-11/h10-11,13-15H,2-9H2,1H3. The highest BCUT2D eigenvalue weighted by molar-refractivity contribution is 4.91. The minimum absolute atomic E-state index is 0.0375. The SMILES string of the molecule is CC1OCCC1(O)CNCC1CCCNC1. The highest BCUT2D eigenvalue weighted by Gasteiger charge is 2.39. The lowest BCUT2D eigenvalue weighted by Gasteiger charge is -2.28. The Labute approximate surface area is 97.7 Å². The fourth-order valence-corrected chi connectivity index (χ4v) is 2.59. The van der Waals surface area contributed by atoms with E-state index < -0.39 is 5.60 Å². The molecule has 0 aromatic carbocycles. The number of rotatable bonds is 4. The first-order valence-electron chi connectivity index (χ1n) is 6.46. The number of ether oxygens (including phenoxy) is 1. The van der Waals surface area contributed by atoms with E-state index in [1.54, 1.807) is 0 Å². The van der Waals surface area contributed by atoms with E-state index in [1.807, 2.05) is 6.92 Å². The molecule has 2 rings (SSSR count). The topological polar surface area (TPSA) is 53.5 Å². The molecule has 0 saturated carbocycles. The van der Waals surface area contributed by atoms with Crippen molar-refractivity contribution in [1.29, 1.82) is 0 Å². The molecule has 94 valence electrons. The fraction of sp³-hybridized carbons (Fsp3) is 1.00. The van der Waals surface area contributed by atoms with E-state index in [4.69, 9.17) is 4.74 Å². The second-order valence-electron chi connectivity index (χ2n) is 5.21. The van der Waals surface area contributed by atoms with Gasteiger partial charge in [-0.3, -0.25) is 0 Å². The fourth-order valence-electron chi connectivity index (χ4n) is 2.59. The van der Waals surface area contributed by atoms with Gasteiger partial charge in [0.2, 0.25) is 0 Å². The van der Waals surface area contributed by atoms with Crippen LogP contribution < -0.4 is 10.6 Å². The molecule has 4 nitrogen and oxygen atoms in total. The summed E-state index contributed by atoms with van der Waals surface area (Å²) >= 11 is 0. The smallest absolute Gasteiger partial charge is 0.105 e. The van der Waals surface area contributed by atoms with Crippen LogP contribution in [0.3, 0.4) is 0 Å². The maximum atomic E-state index is 10.3. The molecule has 0 amide bonds. The lowest BCUT2D eigenvalue weighted by molar-refractivity contribution is -0.0265. The monoisotopic (exact) mass is 228 g/mol. The van der Waals surface area contributed by atoms with Crippen LogP contribution in [0.15, 0.2) is 0 Å². The number of hydrogen-bond acceptors (Lipinski definition) is 4. The Hall–Kier alpha value is -0.160. The van der Waals surface area contributed by atoms with Crippen molar-refractivity contribution in [3.63, 3.8) is 0 Å². The number of aliphatic hydroxyl groups is 1. The Kier molecular flexibility index (Phi) is 4.19. The van der Waals surface area contributed by atoms with E-state index in [0.717, 1.165) is 32.0 Å². The van der Waals surface area contributed by atoms with Crippen LogP contribution in [0.4, 0.5) is 0 Å². The minimum Gasteiger partial charge on any atom is -0.386 e. The van der Waals surface area contributed by atoms with Crippen LogP contribution in [-0.4, -0.2) is 49.6 Å². The molecule has 0 spiro atoms. The first-order chi connectivity index (χ1) is 7.71. The summed E-state index contributed by atoms with van der Waals surface area (Å²) in [6, 6.07) is 0. The molecule has 2 aliphatic heterocycles. The Bertz CT molecular complexity index is 219. The van der Waals surface area contributed by atoms with Gasteiger partial charge >= 0.3 is 0 Å². The van der Waals surface area contributed by atoms with Gasteiger partial charge < -0.3 is 20.5 Å². The molecule has 0 radical (unpaired) electrons. The van der Waals surface area contributed by atoms with E-state index in [-0.39, 0.29) is 6.10 Å². The van der Waals surface area contributed by atoms with E-state index in [0.29, 0.717) is 13.2 Å². The summed E-state index contributed by atoms with van der Waals surface area (Å²) in [6.45, 7) is 6.57. The minimum atomic E-state index is -0.651. The Morgan fingerprint density at radius 3 is 3.06 bits per heavy atom. The van der Waals surface area contributed by atoms with Crippen LogP contribution in [0, 0.1) is 5.92 Å². The highest BCUT2D eigenvalue weighted by atomic mass is 16.5. The van der Waals surface area contributed by atoms with Gasteiger partial charge in [0.25, 0.3) is 0 Å². The first-order valence-corrected chi connectivity index (χ1v) is 6.46. The van der Waals surface area contributed by atoms with Crippen molar-refractivity contribution in [2.75, 3.05) is 32.8 Å². The second-order valence-corrected chi connectivity index (χ2v) is 5.21. The van der Waals surface area contributed by atoms with E-state index in [1.165, 1.54) is 12.8 Å². The molecular formula is C12H24N2O2. The second kappa shape index (κ2) is 5.45. The van der Waals surface area contributed by atoms with Gasteiger partial charge in [-0.05, 0) is 45.3 Å². The summed E-state index contributed by atoms with van der Waals surface area (Å²) in [5, 5.41) is 17.1. The van der Waals surface area contributed by atoms with Gasteiger partial charge in [0, 0.05) is 19.6 Å². The van der Waals surface area contributed by atoms with Crippen LogP contribution in [0.2, 0.25) is 0 Å². The third-order valence-corrected chi connectivity index (χ3v) is 3.92. The van der Waals surface area contributed by atoms with Crippen molar-refractivity contribution < 1.29 is 9.84 Å². The van der Waals surface area contributed by atoms with Crippen molar-refractivity contribution in [1.82, 2.24) is 10.6 Å². The van der Waals surface area contributed by atoms with Gasteiger partial charge in [0.05, 0.1) is 6.10 Å². The lowest BCUT2D eigenvalue weighted by atomic mass is 9.95. The molecule has 16 heavy (non-hydrogen) atoms. The zero-order valence-electron chi connectivity index (χ0n) is 10.2. The molecule has 4 heteroatoms. The molecular weight excluding hydrogens is 204 g/mol. The summed E-state index contributed by atoms with van der Waals surface area (Å²) in [6.07, 6.45) is 3.29. The van der Waals surface area contributed by atoms with Gasteiger partial charge in [0.1, 0.15) is 5.60 Å². The predicted octanol–water partition coefficient (Wildman–Crippen LogP) is 0.116. The molecule has 3 atom stereocenters. The van der Waals surface area contributed by atoms with Crippen molar-refractivity contribution in [3.8, 4) is 0 Å².